The Balaban J connectivity index is 1.71. The van der Waals surface area contributed by atoms with Crippen LogP contribution >= 0.6 is 11.8 Å². The number of hydrogen-bond acceptors (Lipinski definition) is 7. The van der Waals surface area contributed by atoms with Crippen LogP contribution in [0.3, 0.4) is 0 Å². The number of hydrogen-bond donors (Lipinski definition) is 1. The van der Waals surface area contributed by atoms with Crippen molar-refractivity contribution in [2.24, 2.45) is 5.10 Å². The lowest BCUT2D eigenvalue weighted by Gasteiger charge is -2.29. The van der Waals surface area contributed by atoms with Gasteiger partial charge in [0.2, 0.25) is 16.7 Å². The molecule has 0 aromatic heterocycles. The summed E-state index contributed by atoms with van der Waals surface area (Å²) in [5.74, 6) is 0.119. The third kappa shape index (κ3) is 3.87. The van der Waals surface area contributed by atoms with E-state index in [2.05, 4.69) is 10.4 Å². The highest BCUT2D eigenvalue weighted by atomic mass is 32.2. The fourth-order valence-corrected chi connectivity index (χ4v) is 5.65. The lowest BCUT2D eigenvalue weighted by atomic mass is 10.0. The molecule has 2 aliphatic heterocycles. The van der Waals surface area contributed by atoms with Gasteiger partial charge < -0.3 is 19.7 Å². The van der Waals surface area contributed by atoms with Crippen molar-refractivity contribution in [3.63, 3.8) is 0 Å². The molecule has 0 bridgehead atoms. The Kier molecular flexibility index (Phi) is 6.26. The Morgan fingerprint density at radius 2 is 1.85 bits per heavy atom. The first kappa shape index (κ1) is 23.6. The molecule has 0 saturated heterocycles. The highest BCUT2D eigenvalue weighted by molar-refractivity contribution is 8.15. The van der Waals surface area contributed by atoms with Crippen molar-refractivity contribution in [3.8, 4) is 11.5 Å². The molecule has 178 valence electrons. The molecule has 1 N–H and O–H groups in total. The third-order valence-electron chi connectivity index (χ3n) is 5.57. The quantitative estimate of drug-likeness (QED) is 0.703. The number of amidine groups is 1. The summed E-state index contributed by atoms with van der Waals surface area (Å²) in [6.45, 7) is 7.03. The van der Waals surface area contributed by atoms with Crippen molar-refractivity contribution in [2.75, 3.05) is 25.2 Å². The number of carbonyl (C=O) groups excluding carboxylic acids is 3. The van der Waals surface area contributed by atoms with Crippen LogP contribution in [-0.4, -0.2) is 48.2 Å². The summed E-state index contributed by atoms with van der Waals surface area (Å²) in [4.78, 5) is 38.5. The summed E-state index contributed by atoms with van der Waals surface area (Å²) in [6, 6.07) is 11.2. The molecule has 0 radical (unpaired) electrons. The number of para-hydroxylation sites is 2. The Morgan fingerprint density at radius 3 is 2.50 bits per heavy atom. The van der Waals surface area contributed by atoms with E-state index in [4.69, 9.17) is 9.47 Å². The molecule has 3 amide bonds. The summed E-state index contributed by atoms with van der Waals surface area (Å²) in [5.41, 5.74) is 3.23. The van der Waals surface area contributed by atoms with Crippen LogP contribution in [0.1, 0.15) is 30.5 Å². The second-order valence-electron chi connectivity index (χ2n) is 8.10. The Labute approximate surface area is 202 Å². The van der Waals surface area contributed by atoms with Gasteiger partial charge in [-0.25, -0.2) is 0 Å². The SMILES string of the molecule is COc1ccccc1OCCN1C(=O)C2(SC(NC(C)=O)=NN2C(C)=O)c2cc(C)cc(C)c21. The maximum absolute atomic E-state index is 14.0. The summed E-state index contributed by atoms with van der Waals surface area (Å²) >= 11 is 1.06. The van der Waals surface area contributed by atoms with E-state index in [0.29, 0.717) is 17.1 Å². The molecule has 2 heterocycles. The number of aryl methyl sites for hydroxylation is 2. The van der Waals surface area contributed by atoms with E-state index >= 15 is 0 Å². The Hall–Kier alpha value is -3.53. The smallest absolute Gasteiger partial charge is 0.270 e. The van der Waals surface area contributed by atoms with Crippen LogP contribution < -0.4 is 19.7 Å². The zero-order chi connectivity index (χ0) is 24.6. The first-order valence-electron chi connectivity index (χ1n) is 10.7. The van der Waals surface area contributed by atoms with Gasteiger partial charge >= 0.3 is 0 Å². The van der Waals surface area contributed by atoms with Crippen LogP contribution in [-0.2, 0) is 19.3 Å². The monoisotopic (exact) mass is 482 g/mol. The van der Waals surface area contributed by atoms with Gasteiger partial charge in [-0.3, -0.25) is 14.4 Å². The number of thioether (sulfide) groups is 1. The standard InChI is InChI=1S/C24H26N4O5S/c1-14-12-15(2)21-18(13-14)24(28(17(4)30)26-23(34-24)25-16(3)29)22(31)27(21)10-11-33-20-9-7-6-8-19(20)32-5/h6-9,12-13H,10-11H2,1-5H3,(H,25,26,29). The van der Waals surface area contributed by atoms with Crippen molar-refractivity contribution in [2.45, 2.75) is 32.6 Å². The number of amides is 3. The predicted octanol–water partition coefficient (Wildman–Crippen LogP) is 2.89. The topological polar surface area (TPSA) is 101 Å². The minimum atomic E-state index is -1.43. The van der Waals surface area contributed by atoms with Gasteiger partial charge in [0.1, 0.15) is 6.61 Å². The van der Waals surface area contributed by atoms with Crippen LogP contribution in [0.25, 0.3) is 0 Å². The summed E-state index contributed by atoms with van der Waals surface area (Å²) in [6.07, 6.45) is 0. The van der Waals surface area contributed by atoms with E-state index in [9.17, 15) is 14.4 Å². The Morgan fingerprint density at radius 1 is 1.15 bits per heavy atom. The van der Waals surface area contributed by atoms with Gasteiger partial charge in [0, 0.05) is 19.4 Å². The number of nitrogens with one attached hydrogen (secondary N) is 1. The summed E-state index contributed by atoms with van der Waals surface area (Å²) in [7, 11) is 1.57. The normalized spacial score (nSPS) is 18.7. The zero-order valence-corrected chi connectivity index (χ0v) is 20.5. The fraction of sp³-hybridized carbons (Fsp3) is 0.333. The lowest BCUT2D eigenvalue weighted by Crippen LogP contribution is -2.49. The van der Waals surface area contributed by atoms with Crippen LogP contribution in [0.2, 0.25) is 0 Å². The van der Waals surface area contributed by atoms with Crippen molar-refractivity contribution < 1.29 is 23.9 Å². The van der Waals surface area contributed by atoms with Crippen molar-refractivity contribution in [1.29, 1.82) is 0 Å². The molecule has 10 heteroatoms. The minimum absolute atomic E-state index is 0.202. The number of rotatable bonds is 5. The van der Waals surface area contributed by atoms with Crippen molar-refractivity contribution >= 4 is 40.3 Å². The van der Waals surface area contributed by atoms with E-state index in [1.807, 2.05) is 38.1 Å². The molecule has 9 nitrogen and oxygen atoms in total. The van der Waals surface area contributed by atoms with E-state index in [0.717, 1.165) is 28.6 Å². The molecule has 1 unspecified atom stereocenters. The molecule has 1 atom stereocenters. The summed E-state index contributed by atoms with van der Waals surface area (Å²) < 4.78 is 11.3. The number of hydrazone groups is 1. The highest BCUT2D eigenvalue weighted by Gasteiger charge is 2.61. The average Bonchev–Trinajstić information content (AvgIpc) is 3.26. The van der Waals surface area contributed by atoms with Gasteiger partial charge in [0.25, 0.3) is 5.91 Å². The maximum atomic E-state index is 14.0. The van der Waals surface area contributed by atoms with E-state index < -0.39 is 10.8 Å². The molecule has 4 rings (SSSR count). The average molecular weight is 483 g/mol. The number of methoxy groups -OCH3 is 1. The molecule has 2 aromatic rings. The van der Waals surface area contributed by atoms with Crippen LogP contribution in [0.15, 0.2) is 41.5 Å². The number of carbonyl (C=O) groups is 3. The van der Waals surface area contributed by atoms with E-state index in [-0.39, 0.29) is 30.1 Å². The number of anilines is 1. The molecule has 0 fully saturated rings. The van der Waals surface area contributed by atoms with Gasteiger partial charge in [-0.2, -0.15) is 5.01 Å². The van der Waals surface area contributed by atoms with Gasteiger partial charge in [-0.1, -0.05) is 29.8 Å². The Bertz CT molecular complexity index is 1210. The predicted molar refractivity (Wildman–Crippen MR) is 130 cm³/mol. The number of nitrogens with zero attached hydrogens (tertiary/aromatic N) is 3. The van der Waals surface area contributed by atoms with Gasteiger partial charge in [0.05, 0.1) is 19.3 Å². The number of benzene rings is 2. The van der Waals surface area contributed by atoms with E-state index in [1.54, 1.807) is 24.1 Å². The molecule has 34 heavy (non-hydrogen) atoms. The van der Waals surface area contributed by atoms with Gasteiger partial charge in [0.15, 0.2) is 16.7 Å². The van der Waals surface area contributed by atoms with E-state index in [1.165, 1.54) is 18.9 Å². The minimum Gasteiger partial charge on any atom is -0.493 e. The molecule has 2 aliphatic rings. The largest absolute Gasteiger partial charge is 0.493 e. The first-order chi connectivity index (χ1) is 16.2. The third-order valence-corrected chi connectivity index (χ3v) is 6.81. The van der Waals surface area contributed by atoms with Crippen molar-refractivity contribution in [3.05, 3.63) is 53.1 Å². The highest BCUT2D eigenvalue weighted by Crippen LogP contribution is 2.55. The molecule has 2 aromatic carbocycles. The molecular formula is C24H26N4O5S. The van der Waals surface area contributed by atoms with Crippen LogP contribution in [0.5, 0.6) is 11.5 Å². The second kappa shape index (κ2) is 9.02. The molecular weight excluding hydrogens is 456 g/mol. The van der Waals surface area contributed by atoms with Crippen LogP contribution in [0.4, 0.5) is 5.69 Å². The molecule has 0 aliphatic carbocycles. The zero-order valence-electron chi connectivity index (χ0n) is 19.7. The number of fused-ring (bicyclic) bond motifs is 2. The van der Waals surface area contributed by atoms with Gasteiger partial charge in [-0.05, 0) is 43.3 Å². The fourth-order valence-electron chi connectivity index (χ4n) is 4.34. The lowest BCUT2D eigenvalue weighted by molar-refractivity contribution is -0.139. The maximum Gasteiger partial charge on any atom is 0.270 e. The van der Waals surface area contributed by atoms with Gasteiger partial charge in [-0.15, -0.1) is 5.10 Å². The first-order valence-corrected chi connectivity index (χ1v) is 11.6. The molecule has 0 saturated carbocycles. The number of ether oxygens (including phenoxy) is 2. The van der Waals surface area contributed by atoms with Crippen LogP contribution in [0, 0.1) is 13.8 Å². The molecule has 1 spiro atoms. The van der Waals surface area contributed by atoms with Crippen molar-refractivity contribution in [1.82, 2.24) is 10.3 Å². The second-order valence-corrected chi connectivity index (χ2v) is 9.28. The summed E-state index contributed by atoms with van der Waals surface area (Å²) in [5, 5.41) is 8.29.